The molecule has 2 N–H and O–H groups in total. The van der Waals surface area contributed by atoms with Crippen molar-refractivity contribution in [3.05, 3.63) is 78.3 Å². The van der Waals surface area contributed by atoms with E-state index in [-0.39, 0.29) is 0 Å². The lowest BCUT2D eigenvalue weighted by Gasteiger charge is -2.54. The van der Waals surface area contributed by atoms with Crippen molar-refractivity contribution < 1.29 is 4.39 Å². The van der Waals surface area contributed by atoms with Crippen molar-refractivity contribution in [1.82, 2.24) is 25.0 Å². The van der Waals surface area contributed by atoms with Gasteiger partial charge in [-0.1, -0.05) is 31.9 Å². The summed E-state index contributed by atoms with van der Waals surface area (Å²) >= 11 is 0. The fraction of sp³-hybridized carbons (Fsp3) is 0.484. The maximum absolute atomic E-state index is 13.1. The molecule has 0 atom stereocenters. The second kappa shape index (κ2) is 10.9. The van der Waals surface area contributed by atoms with Gasteiger partial charge in [0, 0.05) is 61.8 Å². The maximum atomic E-state index is 13.1. The van der Waals surface area contributed by atoms with Crippen LogP contribution in [0.3, 0.4) is 0 Å². The van der Waals surface area contributed by atoms with Crippen molar-refractivity contribution in [1.29, 1.82) is 0 Å². The lowest BCUT2D eigenvalue weighted by molar-refractivity contribution is 0.129. The van der Waals surface area contributed by atoms with Gasteiger partial charge in [-0.05, 0) is 67.6 Å². The van der Waals surface area contributed by atoms with Crippen molar-refractivity contribution >= 4 is 17.4 Å². The highest BCUT2D eigenvalue weighted by Crippen LogP contribution is 2.46. The summed E-state index contributed by atoms with van der Waals surface area (Å²) in [4.78, 5) is 12.1. The first-order chi connectivity index (χ1) is 18.6. The summed E-state index contributed by atoms with van der Waals surface area (Å²) in [6, 6.07) is 4.20. The second-order valence-corrected chi connectivity index (χ2v) is 11.6. The normalized spacial score (nSPS) is 22.5. The van der Waals surface area contributed by atoms with Gasteiger partial charge in [0.2, 0.25) is 0 Å². The van der Waals surface area contributed by atoms with Crippen molar-refractivity contribution in [3.8, 4) is 0 Å². The zero-order chi connectivity index (χ0) is 26.0. The Bertz CT molecular complexity index is 1290. The molecule has 0 amide bonds. The number of pyridine rings is 2. The molecule has 3 aliphatic rings. The number of rotatable bonds is 10. The Hall–Kier alpha value is -3.19. The van der Waals surface area contributed by atoms with Crippen LogP contribution in [-0.2, 0) is 13.0 Å². The molecule has 1 spiro atoms. The molecule has 6 nitrogen and oxygen atoms in total. The molecule has 3 aromatic heterocycles. The number of hydrogen-bond acceptors (Lipinski definition) is 5. The minimum Gasteiger partial charge on any atom is -0.369 e. The highest BCUT2D eigenvalue weighted by molar-refractivity contribution is 5.71. The molecule has 4 heterocycles. The number of nitrogens with zero attached hydrogens (tertiary/aromatic N) is 4. The standard InChI is InChI=1S/C31H39FN6/c1-2-33-11-8-28-25(17-35-18-29(28)38-21-31(22-38)9-4-3-5-10-31)14-27-20-37-19-23(6-7-30(37)36-27)15-34-16-24-12-26(32)13-24/h2,6-8,11,17-20,24,26,33-34H,1,3-5,9-10,12-16,21-22H2/b11-8-. The van der Waals surface area contributed by atoms with Gasteiger partial charge in [-0.3, -0.25) is 4.98 Å². The summed E-state index contributed by atoms with van der Waals surface area (Å²) in [5.41, 5.74) is 7.27. The fourth-order valence-corrected chi connectivity index (χ4v) is 6.55. The highest BCUT2D eigenvalue weighted by atomic mass is 19.1. The van der Waals surface area contributed by atoms with E-state index in [4.69, 9.17) is 4.98 Å². The molecule has 2 aliphatic carbocycles. The number of nitrogens with one attached hydrogen (secondary N) is 2. The van der Waals surface area contributed by atoms with Gasteiger partial charge in [0.05, 0.1) is 17.6 Å². The molecule has 0 radical (unpaired) electrons. The molecule has 38 heavy (non-hydrogen) atoms. The first kappa shape index (κ1) is 25.1. The molecule has 3 fully saturated rings. The van der Waals surface area contributed by atoms with Crippen LogP contribution in [0, 0.1) is 11.3 Å². The molecule has 200 valence electrons. The highest BCUT2D eigenvalue weighted by Gasteiger charge is 2.44. The lowest BCUT2D eigenvalue weighted by atomic mass is 9.68. The van der Waals surface area contributed by atoms with E-state index in [1.165, 1.54) is 54.5 Å². The number of aromatic nitrogens is 3. The second-order valence-electron chi connectivity index (χ2n) is 11.6. The molecule has 7 heteroatoms. The number of fused-ring (bicyclic) bond motifs is 1. The molecular weight excluding hydrogens is 475 g/mol. The van der Waals surface area contributed by atoms with Crippen molar-refractivity contribution in [3.63, 3.8) is 0 Å². The predicted molar refractivity (Wildman–Crippen MR) is 152 cm³/mol. The van der Waals surface area contributed by atoms with Crippen molar-refractivity contribution in [2.24, 2.45) is 11.3 Å². The Morgan fingerprint density at radius 3 is 2.74 bits per heavy atom. The van der Waals surface area contributed by atoms with Crippen LogP contribution in [0.1, 0.15) is 67.3 Å². The summed E-state index contributed by atoms with van der Waals surface area (Å²) in [5.74, 6) is 0.479. The smallest absolute Gasteiger partial charge is 0.137 e. The van der Waals surface area contributed by atoms with E-state index in [9.17, 15) is 4.39 Å². The van der Waals surface area contributed by atoms with Crippen molar-refractivity contribution in [2.45, 2.75) is 64.1 Å². The van der Waals surface area contributed by atoms with E-state index < -0.39 is 6.17 Å². The summed E-state index contributed by atoms with van der Waals surface area (Å²) in [7, 11) is 0. The molecule has 1 aliphatic heterocycles. The van der Waals surface area contributed by atoms with Crippen LogP contribution in [0.2, 0.25) is 0 Å². The molecule has 0 bridgehead atoms. The van der Waals surface area contributed by atoms with Gasteiger partial charge in [0.1, 0.15) is 11.8 Å². The summed E-state index contributed by atoms with van der Waals surface area (Å²) in [6.07, 6.45) is 22.4. The quantitative estimate of drug-likeness (QED) is 0.367. The largest absolute Gasteiger partial charge is 0.369 e. The Morgan fingerprint density at radius 2 is 1.95 bits per heavy atom. The number of imidazole rings is 1. The number of anilines is 1. The average molecular weight is 515 g/mol. The van der Waals surface area contributed by atoms with E-state index in [0.717, 1.165) is 43.9 Å². The zero-order valence-electron chi connectivity index (χ0n) is 22.2. The third-order valence-corrected chi connectivity index (χ3v) is 8.69. The number of halogens is 1. The van der Waals surface area contributed by atoms with Gasteiger partial charge in [0.25, 0.3) is 0 Å². The molecule has 6 rings (SSSR count). The molecule has 3 aromatic rings. The van der Waals surface area contributed by atoms with E-state index in [2.05, 4.69) is 62.1 Å². The lowest BCUT2D eigenvalue weighted by Crippen LogP contribution is -2.57. The number of alkyl halides is 1. The van der Waals surface area contributed by atoms with Crippen LogP contribution in [0.5, 0.6) is 0 Å². The number of hydrogen-bond donors (Lipinski definition) is 2. The van der Waals surface area contributed by atoms with Crippen LogP contribution in [0.25, 0.3) is 11.7 Å². The predicted octanol–water partition coefficient (Wildman–Crippen LogP) is 5.63. The van der Waals surface area contributed by atoms with E-state index >= 15 is 0 Å². The SMILES string of the molecule is C=CN/C=C\c1c(Cc2cn3cc(CNCC4CC(F)C4)ccc3n2)cncc1N1CC2(CCCCC2)C1. The van der Waals surface area contributed by atoms with Crippen LogP contribution in [-0.4, -0.2) is 40.2 Å². The van der Waals surface area contributed by atoms with Gasteiger partial charge in [-0.25, -0.2) is 9.37 Å². The monoisotopic (exact) mass is 514 g/mol. The third-order valence-electron chi connectivity index (χ3n) is 8.69. The third kappa shape index (κ3) is 5.35. The van der Waals surface area contributed by atoms with Crippen LogP contribution in [0.4, 0.5) is 10.1 Å². The van der Waals surface area contributed by atoms with Crippen molar-refractivity contribution in [2.75, 3.05) is 24.5 Å². The maximum Gasteiger partial charge on any atom is 0.137 e. The first-order valence-electron chi connectivity index (χ1n) is 14.2. The Kier molecular flexibility index (Phi) is 7.20. The Balaban J connectivity index is 1.18. The molecule has 0 unspecified atom stereocenters. The van der Waals surface area contributed by atoms with Crippen LogP contribution < -0.4 is 15.5 Å². The summed E-state index contributed by atoms with van der Waals surface area (Å²) in [6.45, 7) is 7.71. The van der Waals surface area contributed by atoms with Gasteiger partial charge in [-0.2, -0.15) is 0 Å². The van der Waals surface area contributed by atoms with Crippen LogP contribution in [0.15, 0.2) is 55.9 Å². The van der Waals surface area contributed by atoms with Gasteiger partial charge in [-0.15, -0.1) is 0 Å². The van der Waals surface area contributed by atoms with E-state index in [1.54, 1.807) is 6.20 Å². The minimum atomic E-state index is -0.591. The molecule has 0 aromatic carbocycles. The Morgan fingerprint density at radius 1 is 1.11 bits per heavy atom. The zero-order valence-corrected chi connectivity index (χ0v) is 22.2. The molecular formula is C31H39FN6. The van der Waals surface area contributed by atoms with Gasteiger partial charge >= 0.3 is 0 Å². The fourth-order valence-electron chi connectivity index (χ4n) is 6.55. The molecule has 2 saturated carbocycles. The topological polar surface area (TPSA) is 57.5 Å². The average Bonchev–Trinajstić information content (AvgIpc) is 3.29. The van der Waals surface area contributed by atoms with E-state index in [1.807, 2.05) is 18.6 Å². The van der Waals surface area contributed by atoms with Crippen LogP contribution >= 0.6 is 0 Å². The first-order valence-corrected chi connectivity index (χ1v) is 14.2. The Labute approximate surface area is 225 Å². The minimum absolute atomic E-state index is 0.479. The van der Waals surface area contributed by atoms with E-state index in [0.29, 0.717) is 24.2 Å². The summed E-state index contributed by atoms with van der Waals surface area (Å²) in [5, 5.41) is 6.59. The molecule has 1 saturated heterocycles. The van der Waals surface area contributed by atoms with Gasteiger partial charge < -0.3 is 19.9 Å². The summed E-state index contributed by atoms with van der Waals surface area (Å²) < 4.78 is 15.2. The van der Waals surface area contributed by atoms with Gasteiger partial charge in [0.15, 0.2) is 0 Å².